The molecule has 0 bridgehead atoms. The van der Waals surface area contributed by atoms with Gasteiger partial charge in [0.05, 0.1) is 0 Å². The average molecular weight is 388 g/mol. The number of amides is 4. The first kappa shape index (κ1) is 19.9. The van der Waals surface area contributed by atoms with Crippen molar-refractivity contribution in [2.75, 3.05) is 34.5 Å². The van der Waals surface area contributed by atoms with Crippen LogP contribution in [0.15, 0.2) is 78.9 Å². The minimum absolute atomic E-state index is 0.260. The number of benzene rings is 3. The van der Waals surface area contributed by atoms with E-state index in [0.29, 0.717) is 11.4 Å². The zero-order chi connectivity index (χ0) is 20.8. The van der Waals surface area contributed by atoms with Crippen molar-refractivity contribution in [2.24, 2.45) is 0 Å². The fourth-order valence-corrected chi connectivity index (χ4v) is 2.78. The van der Waals surface area contributed by atoms with Crippen molar-refractivity contribution in [1.29, 1.82) is 0 Å². The summed E-state index contributed by atoms with van der Waals surface area (Å²) in [5.74, 6) is 0. The van der Waals surface area contributed by atoms with Crippen molar-refractivity contribution in [3.63, 3.8) is 0 Å². The minimum Gasteiger partial charge on any atom is -0.307 e. The Bertz CT molecular complexity index is 990. The number of hydrogen-bond donors (Lipinski definition) is 2. The molecule has 2 N–H and O–H groups in total. The summed E-state index contributed by atoms with van der Waals surface area (Å²) in [4.78, 5) is 28.2. The maximum atomic E-state index is 12.6. The molecule has 0 saturated carbocycles. The van der Waals surface area contributed by atoms with E-state index in [1.807, 2.05) is 79.7 Å². The first-order valence-corrected chi connectivity index (χ1v) is 9.26. The molecule has 4 amide bonds. The SMILES string of the molecule is Cc1ccc(NC(=O)N(C)c2ccccc2)cc1NC(=O)N(C)c1ccccc1. The fraction of sp³-hybridized carbons (Fsp3) is 0.130. The third-order valence-corrected chi connectivity index (χ3v) is 4.63. The standard InChI is InChI=1S/C23H24N4O2/c1-17-14-15-18(24-22(28)26(2)19-10-6-4-7-11-19)16-21(17)25-23(29)27(3)20-12-8-5-9-13-20/h4-16H,1-3H3,(H,24,28)(H,25,29). The van der Waals surface area contributed by atoms with E-state index in [4.69, 9.17) is 0 Å². The summed E-state index contributed by atoms with van der Waals surface area (Å²) in [5, 5.41) is 5.77. The van der Waals surface area contributed by atoms with Crippen molar-refractivity contribution >= 4 is 34.8 Å². The topological polar surface area (TPSA) is 64.7 Å². The second-order valence-corrected chi connectivity index (χ2v) is 6.68. The normalized spacial score (nSPS) is 10.2. The Morgan fingerprint density at radius 2 is 1.17 bits per heavy atom. The van der Waals surface area contributed by atoms with E-state index < -0.39 is 0 Å². The molecule has 0 aromatic heterocycles. The molecule has 6 heteroatoms. The number of hydrogen-bond acceptors (Lipinski definition) is 2. The first-order chi connectivity index (χ1) is 14.0. The van der Waals surface area contributed by atoms with Crippen molar-refractivity contribution in [2.45, 2.75) is 6.92 Å². The molecule has 0 aliphatic rings. The van der Waals surface area contributed by atoms with Crippen molar-refractivity contribution < 1.29 is 9.59 Å². The van der Waals surface area contributed by atoms with Crippen LogP contribution in [-0.2, 0) is 0 Å². The lowest BCUT2D eigenvalue weighted by molar-refractivity contribution is 0.257. The van der Waals surface area contributed by atoms with Crippen LogP contribution in [0.3, 0.4) is 0 Å². The molecular formula is C23H24N4O2. The summed E-state index contributed by atoms with van der Waals surface area (Å²) < 4.78 is 0. The molecule has 148 valence electrons. The molecule has 0 aliphatic carbocycles. The third-order valence-electron chi connectivity index (χ3n) is 4.63. The van der Waals surface area contributed by atoms with E-state index in [0.717, 1.165) is 16.9 Å². The van der Waals surface area contributed by atoms with Crippen molar-refractivity contribution in [3.8, 4) is 0 Å². The molecule has 0 aliphatic heterocycles. The number of anilines is 4. The summed E-state index contributed by atoms with van der Waals surface area (Å²) in [7, 11) is 3.41. The lowest BCUT2D eigenvalue weighted by Gasteiger charge is -2.20. The highest BCUT2D eigenvalue weighted by molar-refractivity contribution is 6.04. The minimum atomic E-state index is -0.265. The van der Waals surface area contributed by atoms with Gasteiger partial charge in [-0.2, -0.15) is 0 Å². The van der Waals surface area contributed by atoms with Gasteiger partial charge in [-0.25, -0.2) is 9.59 Å². The quantitative estimate of drug-likeness (QED) is 0.634. The second kappa shape index (κ2) is 8.93. The Balaban J connectivity index is 1.71. The number of carbonyl (C=O) groups is 2. The molecule has 0 unspecified atom stereocenters. The lowest BCUT2D eigenvalue weighted by atomic mass is 10.2. The smallest absolute Gasteiger partial charge is 0.307 e. The van der Waals surface area contributed by atoms with E-state index in [-0.39, 0.29) is 12.1 Å². The largest absolute Gasteiger partial charge is 0.326 e. The summed E-state index contributed by atoms with van der Waals surface area (Å²) in [5.41, 5.74) is 3.71. The maximum Gasteiger partial charge on any atom is 0.326 e. The van der Waals surface area contributed by atoms with Crippen LogP contribution < -0.4 is 20.4 Å². The Labute approximate surface area is 170 Å². The lowest BCUT2D eigenvalue weighted by Crippen LogP contribution is -2.32. The average Bonchev–Trinajstić information content (AvgIpc) is 2.76. The van der Waals surface area contributed by atoms with Gasteiger partial charge in [0, 0.05) is 36.8 Å². The van der Waals surface area contributed by atoms with E-state index in [1.54, 1.807) is 20.2 Å². The van der Waals surface area contributed by atoms with Gasteiger partial charge in [-0.15, -0.1) is 0 Å². The van der Waals surface area contributed by atoms with Gasteiger partial charge in [0.2, 0.25) is 0 Å². The van der Waals surface area contributed by atoms with E-state index in [2.05, 4.69) is 10.6 Å². The molecule has 29 heavy (non-hydrogen) atoms. The molecule has 3 aromatic rings. The number of urea groups is 2. The van der Waals surface area contributed by atoms with E-state index in [9.17, 15) is 9.59 Å². The highest BCUT2D eigenvalue weighted by Gasteiger charge is 2.14. The molecule has 3 rings (SSSR count). The molecule has 0 radical (unpaired) electrons. The van der Waals surface area contributed by atoms with Crippen LogP contribution in [0, 0.1) is 6.92 Å². The van der Waals surface area contributed by atoms with E-state index >= 15 is 0 Å². The van der Waals surface area contributed by atoms with E-state index in [1.165, 1.54) is 9.80 Å². The van der Waals surface area contributed by atoms with Crippen LogP contribution in [0.25, 0.3) is 0 Å². The molecule has 0 saturated heterocycles. The van der Waals surface area contributed by atoms with Crippen LogP contribution in [0.2, 0.25) is 0 Å². The molecule has 6 nitrogen and oxygen atoms in total. The van der Waals surface area contributed by atoms with Gasteiger partial charge in [-0.05, 0) is 48.9 Å². The molecule has 0 atom stereocenters. The number of carbonyl (C=O) groups excluding carboxylic acids is 2. The summed E-state index contributed by atoms with van der Waals surface area (Å²) in [6, 6.07) is 23.7. The first-order valence-electron chi connectivity index (χ1n) is 9.26. The number of para-hydroxylation sites is 2. The third kappa shape index (κ3) is 4.93. The van der Waals surface area contributed by atoms with Crippen molar-refractivity contribution in [3.05, 3.63) is 84.4 Å². The molecule has 3 aromatic carbocycles. The van der Waals surface area contributed by atoms with Gasteiger partial charge >= 0.3 is 12.1 Å². The predicted octanol–water partition coefficient (Wildman–Crippen LogP) is 5.33. The Hall–Kier alpha value is -3.80. The highest BCUT2D eigenvalue weighted by Crippen LogP contribution is 2.22. The van der Waals surface area contributed by atoms with Gasteiger partial charge in [0.1, 0.15) is 0 Å². The molecule has 0 heterocycles. The fourth-order valence-electron chi connectivity index (χ4n) is 2.78. The summed E-state index contributed by atoms with van der Waals surface area (Å²) in [6.07, 6.45) is 0. The van der Waals surface area contributed by atoms with Gasteiger partial charge in [-0.3, -0.25) is 9.80 Å². The van der Waals surface area contributed by atoms with Crippen LogP contribution in [0.4, 0.5) is 32.3 Å². The van der Waals surface area contributed by atoms with Gasteiger partial charge in [0.25, 0.3) is 0 Å². The zero-order valence-electron chi connectivity index (χ0n) is 16.7. The zero-order valence-corrected chi connectivity index (χ0v) is 16.7. The molecule has 0 spiro atoms. The monoisotopic (exact) mass is 388 g/mol. The van der Waals surface area contributed by atoms with Crippen molar-refractivity contribution in [1.82, 2.24) is 0 Å². The summed E-state index contributed by atoms with van der Waals surface area (Å²) >= 11 is 0. The molecular weight excluding hydrogens is 364 g/mol. The van der Waals surface area contributed by atoms with Crippen LogP contribution in [-0.4, -0.2) is 26.2 Å². The van der Waals surface area contributed by atoms with Gasteiger partial charge < -0.3 is 10.6 Å². The predicted molar refractivity (Wildman–Crippen MR) is 119 cm³/mol. The van der Waals surface area contributed by atoms with Gasteiger partial charge in [-0.1, -0.05) is 42.5 Å². The number of aryl methyl sites for hydroxylation is 1. The number of nitrogens with zero attached hydrogens (tertiary/aromatic N) is 2. The number of nitrogens with one attached hydrogen (secondary N) is 2. The highest BCUT2D eigenvalue weighted by atomic mass is 16.2. The second-order valence-electron chi connectivity index (χ2n) is 6.68. The van der Waals surface area contributed by atoms with Crippen LogP contribution >= 0.6 is 0 Å². The Morgan fingerprint density at radius 1 is 0.690 bits per heavy atom. The maximum absolute atomic E-state index is 12.6. The summed E-state index contributed by atoms with van der Waals surface area (Å²) in [6.45, 7) is 1.90. The van der Waals surface area contributed by atoms with Gasteiger partial charge in [0.15, 0.2) is 0 Å². The molecule has 0 fully saturated rings. The Morgan fingerprint density at radius 3 is 1.69 bits per heavy atom. The van der Waals surface area contributed by atoms with Crippen LogP contribution in [0.5, 0.6) is 0 Å². The Kier molecular flexibility index (Phi) is 6.14. The van der Waals surface area contributed by atoms with Crippen LogP contribution in [0.1, 0.15) is 5.56 Å². The number of rotatable bonds is 4.